The fourth-order valence-corrected chi connectivity index (χ4v) is 5.07. The molecule has 194 valence electrons. The van der Waals surface area contributed by atoms with Gasteiger partial charge < -0.3 is 25.4 Å². The number of ether oxygens (including phenoxy) is 1. The third-order valence-corrected chi connectivity index (χ3v) is 7.27. The van der Waals surface area contributed by atoms with E-state index in [1.807, 2.05) is 0 Å². The van der Waals surface area contributed by atoms with E-state index in [1.165, 1.54) is 12.1 Å². The van der Waals surface area contributed by atoms with Gasteiger partial charge in [0.1, 0.15) is 11.6 Å². The monoisotopic (exact) mass is 493 g/mol. The lowest BCUT2D eigenvalue weighted by molar-refractivity contribution is -0.129. The van der Waals surface area contributed by atoms with Crippen molar-refractivity contribution in [3.8, 4) is 0 Å². The molecule has 2 amide bonds. The molecular formula is C26H37F2N3O4. The molecule has 1 saturated carbocycles. The lowest BCUT2D eigenvalue weighted by Crippen LogP contribution is -2.53. The number of benzene rings is 1. The molecule has 7 nitrogen and oxygen atoms in total. The highest BCUT2D eigenvalue weighted by Crippen LogP contribution is 2.32. The number of amides is 2. The van der Waals surface area contributed by atoms with E-state index in [4.69, 9.17) is 4.74 Å². The molecule has 35 heavy (non-hydrogen) atoms. The van der Waals surface area contributed by atoms with Crippen molar-refractivity contribution in [3.63, 3.8) is 0 Å². The predicted molar refractivity (Wildman–Crippen MR) is 126 cm³/mol. The molecule has 0 aromatic heterocycles. The van der Waals surface area contributed by atoms with Crippen molar-refractivity contribution in [3.05, 3.63) is 35.4 Å². The van der Waals surface area contributed by atoms with Crippen LogP contribution in [0.1, 0.15) is 51.0 Å². The number of nitrogens with one attached hydrogen (secondary N) is 2. The number of halogens is 2. The first-order valence-corrected chi connectivity index (χ1v) is 12.9. The summed E-state index contributed by atoms with van der Waals surface area (Å²) in [5.41, 5.74) is 0.346. The first-order valence-electron chi connectivity index (χ1n) is 12.9. The van der Waals surface area contributed by atoms with Gasteiger partial charge in [-0.2, -0.15) is 0 Å². The molecule has 0 bridgehead atoms. The summed E-state index contributed by atoms with van der Waals surface area (Å²) in [5, 5.41) is 17.4. The zero-order valence-electron chi connectivity index (χ0n) is 20.3. The van der Waals surface area contributed by atoms with Crippen LogP contribution in [0, 0.1) is 23.5 Å². The SMILES string of the molecule is CCCCO[C@H]1CN[C@@H]([C@@H](O)[C@H](Cc2cc(F)cc(F)c2)NC(=O)C2CC(=O)N(CC3CC3)C2)C1. The van der Waals surface area contributed by atoms with E-state index in [1.54, 1.807) is 4.90 Å². The van der Waals surface area contributed by atoms with Gasteiger partial charge in [0.05, 0.1) is 24.2 Å². The molecule has 9 heteroatoms. The summed E-state index contributed by atoms with van der Waals surface area (Å²) in [5.74, 6) is -1.71. The summed E-state index contributed by atoms with van der Waals surface area (Å²) < 4.78 is 33.5. The van der Waals surface area contributed by atoms with Gasteiger partial charge in [0, 0.05) is 44.8 Å². The summed E-state index contributed by atoms with van der Waals surface area (Å²) in [7, 11) is 0. The first-order chi connectivity index (χ1) is 16.8. The van der Waals surface area contributed by atoms with Crippen LogP contribution in [0.25, 0.3) is 0 Å². The molecule has 2 saturated heterocycles. The molecule has 1 unspecified atom stereocenters. The van der Waals surface area contributed by atoms with E-state index in [9.17, 15) is 23.5 Å². The largest absolute Gasteiger partial charge is 0.389 e. The Morgan fingerprint density at radius 1 is 1.29 bits per heavy atom. The average molecular weight is 494 g/mol. The van der Waals surface area contributed by atoms with Crippen LogP contribution in [0.2, 0.25) is 0 Å². The second kappa shape index (κ2) is 11.8. The number of rotatable bonds is 12. The molecular weight excluding hydrogens is 456 g/mol. The Morgan fingerprint density at radius 2 is 2.03 bits per heavy atom. The number of hydrogen-bond acceptors (Lipinski definition) is 5. The lowest BCUT2D eigenvalue weighted by Gasteiger charge is -2.29. The highest BCUT2D eigenvalue weighted by molar-refractivity contribution is 5.89. The highest BCUT2D eigenvalue weighted by atomic mass is 19.1. The number of carbonyl (C=O) groups is 2. The van der Waals surface area contributed by atoms with Crippen molar-refractivity contribution in [2.45, 2.75) is 76.2 Å². The molecule has 2 aliphatic heterocycles. The first kappa shape index (κ1) is 26.0. The van der Waals surface area contributed by atoms with Crippen molar-refractivity contribution < 1.29 is 28.2 Å². The molecule has 1 aliphatic carbocycles. The number of aliphatic hydroxyl groups is 1. The standard InChI is InChI=1S/C26H37F2N3O4/c1-2-3-6-35-21-12-22(29-13-21)25(33)23(9-17-7-19(27)11-20(28)8-17)30-26(34)18-10-24(32)31(15-18)14-16-4-5-16/h7-8,11,16,18,21-23,25,29,33H,2-6,9-10,12-15H2,1H3,(H,30,34)/t18?,21-,22-,23+,25-/m1/s1. The minimum atomic E-state index is -0.996. The summed E-state index contributed by atoms with van der Waals surface area (Å²) in [6, 6.07) is 2.11. The van der Waals surface area contributed by atoms with Crippen molar-refractivity contribution in [1.29, 1.82) is 0 Å². The molecule has 0 spiro atoms. The Kier molecular flexibility index (Phi) is 8.73. The maximum Gasteiger partial charge on any atom is 0.225 e. The summed E-state index contributed by atoms with van der Waals surface area (Å²) >= 11 is 0. The van der Waals surface area contributed by atoms with Crippen LogP contribution in [0.3, 0.4) is 0 Å². The van der Waals surface area contributed by atoms with E-state index in [2.05, 4.69) is 17.6 Å². The van der Waals surface area contributed by atoms with E-state index < -0.39 is 29.7 Å². The second-order valence-corrected chi connectivity index (χ2v) is 10.3. The minimum absolute atomic E-state index is 0.0223. The van der Waals surface area contributed by atoms with Crippen molar-refractivity contribution >= 4 is 11.8 Å². The van der Waals surface area contributed by atoms with Gasteiger partial charge in [0.2, 0.25) is 11.8 Å². The van der Waals surface area contributed by atoms with Crippen LogP contribution in [0.4, 0.5) is 8.78 Å². The normalized spacial score (nSPS) is 26.2. The van der Waals surface area contributed by atoms with Gasteiger partial charge >= 0.3 is 0 Å². The summed E-state index contributed by atoms with van der Waals surface area (Å²) in [4.78, 5) is 27.3. The van der Waals surface area contributed by atoms with Crippen LogP contribution in [0.15, 0.2) is 18.2 Å². The van der Waals surface area contributed by atoms with E-state index in [0.717, 1.165) is 31.7 Å². The number of nitrogens with zero attached hydrogens (tertiary/aromatic N) is 1. The van der Waals surface area contributed by atoms with Crippen LogP contribution in [0.5, 0.6) is 0 Å². The maximum atomic E-state index is 13.8. The number of carbonyl (C=O) groups excluding carboxylic acids is 2. The Hall–Kier alpha value is -2.10. The third kappa shape index (κ3) is 7.21. The Bertz CT molecular complexity index is 877. The minimum Gasteiger partial charge on any atom is -0.389 e. The number of likely N-dealkylation sites (tertiary alicyclic amines) is 1. The lowest BCUT2D eigenvalue weighted by atomic mass is 9.94. The fraction of sp³-hybridized carbons (Fsp3) is 0.692. The summed E-state index contributed by atoms with van der Waals surface area (Å²) in [6.45, 7) is 4.40. The Labute approximate surface area is 205 Å². The Morgan fingerprint density at radius 3 is 2.71 bits per heavy atom. The topological polar surface area (TPSA) is 90.9 Å². The summed E-state index contributed by atoms with van der Waals surface area (Å²) in [6.07, 6.45) is 3.99. The second-order valence-electron chi connectivity index (χ2n) is 10.3. The van der Waals surface area contributed by atoms with Crippen molar-refractivity contribution in [1.82, 2.24) is 15.5 Å². The average Bonchev–Trinajstić information content (AvgIpc) is 3.36. The van der Waals surface area contributed by atoms with E-state index in [0.29, 0.717) is 44.1 Å². The molecule has 1 aromatic rings. The zero-order valence-corrected chi connectivity index (χ0v) is 20.3. The molecule has 3 aliphatic rings. The number of unbranched alkanes of at least 4 members (excludes halogenated alkanes) is 1. The quantitative estimate of drug-likeness (QED) is 0.388. The van der Waals surface area contributed by atoms with E-state index in [-0.39, 0.29) is 36.8 Å². The number of hydrogen-bond donors (Lipinski definition) is 3. The predicted octanol–water partition coefficient (Wildman–Crippen LogP) is 2.16. The van der Waals surface area contributed by atoms with Gasteiger partial charge in [0.25, 0.3) is 0 Å². The molecule has 3 N–H and O–H groups in total. The highest BCUT2D eigenvalue weighted by Gasteiger charge is 2.40. The van der Waals surface area contributed by atoms with Crippen molar-refractivity contribution in [2.24, 2.45) is 11.8 Å². The molecule has 2 heterocycles. The smallest absolute Gasteiger partial charge is 0.225 e. The van der Waals surface area contributed by atoms with Crippen LogP contribution in [-0.2, 0) is 20.7 Å². The maximum absolute atomic E-state index is 13.8. The van der Waals surface area contributed by atoms with Gasteiger partial charge in [0.15, 0.2) is 0 Å². The molecule has 5 atom stereocenters. The zero-order chi connectivity index (χ0) is 24.9. The fourth-order valence-electron chi connectivity index (χ4n) is 5.07. The van der Waals surface area contributed by atoms with Gasteiger partial charge in [-0.05, 0) is 55.7 Å². The van der Waals surface area contributed by atoms with Gasteiger partial charge in [-0.1, -0.05) is 13.3 Å². The van der Waals surface area contributed by atoms with E-state index >= 15 is 0 Å². The molecule has 3 fully saturated rings. The molecule has 4 rings (SSSR count). The van der Waals surface area contributed by atoms with Crippen molar-refractivity contribution in [2.75, 3.05) is 26.2 Å². The van der Waals surface area contributed by atoms with Crippen LogP contribution < -0.4 is 10.6 Å². The van der Waals surface area contributed by atoms with Gasteiger partial charge in [-0.25, -0.2) is 8.78 Å². The Balaban J connectivity index is 1.41. The molecule has 1 aromatic carbocycles. The van der Waals surface area contributed by atoms with Crippen LogP contribution in [-0.4, -0.2) is 72.4 Å². The third-order valence-electron chi connectivity index (χ3n) is 7.27. The van der Waals surface area contributed by atoms with Gasteiger partial charge in [-0.3, -0.25) is 9.59 Å². The van der Waals surface area contributed by atoms with Gasteiger partial charge in [-0.15, -0.1) is 0 Å². The van der Waals surface area contributed by atoms with Crippen LogP contribution >= 0.6 is 0 Å². The number of aliphatic hydroxyl groups excluding tert-OH is 1. The molecule has 0 radical (unpaired) electrons.